The number of hydrazine groups is 1. The van der Waals surface area contributed by atoms with E-state index in [4.69, 9.17) is 51.4 Å². The van der Waals surface area contributed by atoms with Crippen LogP contribution >= 0.6 is 46.4 Å². The van der Waals surface area contributed by atoms with Gasteiger partial charge in [-0.25, -0.2) is 22.7 Å². The first-order valence-corrected chi connectivity index (χ1v) is 17.1. The van der Waals surface area contributed by atoms with E-state index in [0.29, 0.717) is 33.2 Å². The molecule has 0 saturated carbocycles. The Balaban J connectivity index is 1.72. The molecule has 0 radical (unpaired) electrons. The summed E-state index contributed by atoms with van der Waals surface area (Å²) in [5, 5.41) is 5.08. The Morgan fingerprint density at radius 1 is 0.911 bits per heavy atom. The first-order chi connectivity index (χ1) is 21.4. The second kappa shape index (κ2) is 11.7. The molecule has 2 aliphatic rings. The fraction of sp³-hybridized carbons (Fsp3) is 0.188. The predicted molar refractivity (Wildman–Crippen MR) is 184 cm³/mol. The lowest BCUT2D eigenvalue weighted by molar-refractivity contribution is -0.119. The number of fused-ring (bicyclic) bond motifs is 1. The number of benzene rings is 4. The van der Waals surface area contributed by atoms with Crippen LogP contribution in [-0.2, 0) is 27.0 Å². The van der Waals surface area contributed by atoms with E-state index < -0.39 is 21.6 Å². The highest BCUT2D eigenvalue weighted by molar-refractivity contribution is 7.92. The average Bonchev–Trinajstić information content (AvgIpc) is 3.15. The standard InChI is InChI=1S/C32H27Cl4N5O3S/c1-4-20-10-12-28(19(3)14-20)41-32(38-26-8-6-5-7-21(26)17-45(41,43)44)30(37-27-13-18(2)9-11-23(27)34)39-40(31(32)42)29-24(35)15-22(33)16-25(29)36/h5-16,38H,4,17H2,1-3H3,(H,37,39). The van der Waals surface area contributed by atoms with E-state index in [2.05, 4.69) is 10.7 Å². The molecule has 4 aromatic carbocycles. The van der Waals surface area contributed by atoms with Gasteiger partial charge in [0.05, 0.1) is 32.2 Å². The molecule has 0 aliphatic carbocycles. The number of nitrogens with zero attached hydrogens (tertiary/aromatic N) is 3. The quantitative estimate of drug-likeness (QED) is 0.224. The van der Waals surface area contributed by atoms with E-state index in [-0.39, 0.29) is 32.3 Å². The van der Waals surface area contributed by atoms with Gasteiger partial charge >= 0.3 is 5.91 Å². The molecule has 8 nitrogen and oxygen atoms in total. The van der Waals surface area contributed by atoms with Gasteiger partial charge in [0, 0.05) is 10.7 Å². The number of rotatable bonds is 4. The highest BCUT2D eigenvalue weighted by atomic mass is 35.5. The Hall–Kier alpha value is -3.47. The van der Waals surface area contributed by atoms with Crippen LogP contribution in [0.3, 0.4) is 0 Å². The smallest absolute Gasteiger partial charge is 0.301 e. The maximum atomic E-state index is 15.1. The van der Waals surface area contributed by atoms with Gasteiger partial charge in [-0.3, -0.25) is 10.2 Å². The molecule has 1 spiro atoms. The van der Waals surface area contributed by atoms with Crippen molar-refractivity contribution in [3.63, 3.8) is 0 Å². The third kappa shape index (κ3) is 5.40. The maximum Gasteiger partial charge on any atom is 0.301 e. The zero-order valence-corrected chi connectivity index (χ0v) is 28.2. The summed E-state index contributed by atoms with van der Waals surface area (Å²) in [5.74, 6) is -1.21. The molecule has 1 atom stereocenters. The Kier molecular flexibility index (Phi) is 8.20. The molecule has 0 bridgehead atoms. The monoisotopic (exact) mass is 701 g/mol. The van der Waals surface area contributed by atoms with Gasteiger partial charge in [-0.1, -0.05) is 89.7 Å². The second-order valence-electron chi connectivity index (χ2n) is 10.9. The van der Waals surface area contributed by atoms with Crippen molar-refractivity contribution in [1.82, 2.24) is 5.43 Å². The molecule has 13 heteroatoms. The molecule has 1 amide bonds. The van der Waals surface area contributed by atoms with E-state index in [1.807, 2.05) is 39.0 Å². The minimum atomic E-state index is -4.29. The molecule has 1 saturated heterocycles. The van der Waals surface area contributed by atoms with Crippen molar-refractivity contribution in [2.24, 2.45) is 4.99 Å². The second-order valence-corrected chi connectivity index (χ2v) is 14.3. The number of hydrogen-bond acceptors (Lipinski definition) is 5. The molecular weight excluding hydrogens is 676 g/mol. The van der Waals surface area contributed by atoms with Crippen LogP contribution in [0, 0.1) is 13.8 Å². The van der Waals surface area contributed by atoms with Crippen molar-refractivity contribution in [3.8, 4) is 0 Å². The predicted octanol–water partition coefficient (Wildman–Crippen LogP) is 8.22. The number of amides is 1. The van der Waals surface area contributed by atoms with Crippen LogP contribution in [0.4, 0.5) is 22.7 Å². The average molecular weight is 703 g/mol. The Bertz CT molecular complexity index is 2000. The number of carbonyl (C=O) groups excluding carboxylic acids is 1. The Labute approximate surface area is 281 Å². The summed E-state index contributed by atoms with van der Waals surface area (Å²) in [7, 11) is -4.29. The summed E-state index contributed by atoms with van der Waals surface area (Å²) in [5.41, 5.74) is 4.96. The van der Waals surface area contributed by atoms with Gasteiger partial charge in [-0.2, -0.15) is 0 Å². The number of aliphatic imine (C=N–C) groups is 1. The lowest BCUT2D eigenvalue weighted by Gasteiger charge is -2.39. The number of sulfonamides is 1. The Morgan fingerprint density at radius 2 is 1.62 bits per heavy atom. The molecule has 4 aromatic rings. The van der Waals surface area contributed by atoms with Crippen molar-refractivity contribution in [3.05, 3.63) is 115 Å². The zero-order valence-electron chi connectivity index (χ0n) is 24.3. The maximum absolute atomic E-state index is 15.1. The summed E-state index contributed by atoms with van der Waals surface area (Å²) in [6.45, 7) is 5.69. The third-order valence-corrected chi connectivity index (χ3v) is 10.6. The fourth-order valence-corrected chi connectivity index (χ4v) is 8.67. The van der Waals surface area contributed by atoms with Crippen LogP contribution in [0.1, 0.15) is 29.2 Å². The van der Waals surface area contributed by atoms with Gasteiger partial charge in [-0.05, 0) is 78.9 Å². The van der Waals surface area contributed by atoms with E-state index >= 15 is 4.79 Å². The van der Waals surface area contributed by atoms with E-state index in [9.17, 15) is 8.42 Å². The van der Waals surface area contributed by atoms with Gasteiger partial charge in [0.1, 0.15) is 5.69 Å². The van der Waals surface area contributed by atoms with Crippen molar-refractivity contribution < 1.29 is 13.2 Å². The minimum Gasteiger partial charge on any atom is -0.347 e. The van der Waals surface area contributed by atoms with Gasteiger partial charge in [0.2, 0.25) is 10.0 Å². The number of amidine groups is 1. The third-order valence-electron chi connectivity index (χ3n) is 7.75. The van der Waals surface area contributed by atoms with Crippen LogP contribution in [0.25, 0.3) is 0 Å². The van der Waals surface area contributed by atoms with E-state index in [0.717, 1.165) is 26.9 Å². The van der Waals surface area contributed by atoms with Gasteiger partial charge < -0.3 is 5.32 Å². The molecule has 0 aromatic heterocycles. The molecule has 2 heterocycles. The number of carbonyl (C=O) groups is 1. The number of nitrogens with one attached hydrogen (secondary N) is 2. The molecule has 232 valence electrons. The highest BCUT2D eigenvalue weighted by Crippen LogP contribution is 2.45. The topological polar surface area (TPSA) is 94.1 Å². The van der Waals surface area contributed by atoms with Crippen LogP contribution in [0.15, 0.2) is 77.8 Å². The van der Waals surface area contributed by atoms with Crippen molar-refractivity contribution in [2.45, 2.75) is 38.6 Å². The normalized spacial score (nSPS) is 19.8. The Morgan fingerprint density at radius 3 is 2.31 bits per heavy atom. The largest absolute Gasteiger partial charge is 0.347 e. The van der Waals surface area contributed by atoms with Crippen molar-refractivity contribution in [1.29, 1.82) is 0 Å². The summed E-state index contributed by atoms with van der Waals surface area (Å²) >= 11 is 26.1. The first-order valence-electron chi connectivity index (χ1n) is 14.0. The van der Waals surface area contributed by atoms with Crippen LogP contribution in [-0.4, -0.2) is 25.8 Å². The molecule has 2 N–H and O–H groups in total. The first kappa shape index (κ1) is 31.5. The summed E-state index contributed by atoms with van der Waals surface area (Å²) < 4.78 is 30.4. The number of halogens is 4. The van der Waals surface area contributed by atoms with Crippen LogP contribution in [0.2, 0.25) is 20.1 Å². The number of para-hydroxylation sites is 1. The molecule has 2 aliphatic heterocycles. The van der Waals surface area contributed by atoms with Gasteiger partial charge in [0.15, 0.2) is 5.84 Å². The van der Waals surface area contributed by atoms with Crippen LogP contribution < -0.4 is 20.1 Å². The van der Waals surface area contributed by atoms with Crippen molar-refractivity contribution >= 4 is 90.9 Å². The van der Waals surface area contributed by atoms with E-state index in [1.165, 1.54) is 12.1 Å². The number of anilines is 3. The van der Waals surface area contributed by atoms with Crippen LogP contribution in [0.5, 0.6) is 0 Å². The minimum absolute atomic E-state index is 0.0604. The van der Waals surface area contributed by atoms with Gasteiger partial charge in [-0.15, -0.1) is 0 Å². The summed E-state index contributed by atoms with van der Waals surface area (Å²) in [6.07, 6.45) is 0.739. The molecular formula is C32H27Cl4N5O3S. The lowest BCUT2D eigenvalue weighted by atomic mass is 10.0. The highest BCUT2D eigenvalue weighted by Gasteiger charge is 2.63. The molecule has 6 rings (SSSR count). The molecule has 1 unspecified atom stereocenters. The van der Waals surface area contributed by atoms with Crippen molar-refractivity contribution in [2.75, 3.05) is 14.6 Å². The van der Waals surface area contributed by atoms with E-state index in [1.54, 1.807) is 42.5 Å². The molecule has 45 heavy (non-hydrogen) atoms. The summed E-state index contributed by atoms with van der Waals surface area (Å²) in [4.78, 5) is 20.0. The van der Waals surface area contributed by atoms with Gasteiger partial charge in [0.25, 0.3) is 5.66 Å². The SMILES string of the molecule is CCc1ccc(N2C3(Nc4ccccc4CS2(=O)=O)C(=O)N(c2c(Cl)cc(Cl)cc2Cl)NC3=Nc2cc(C)ccc2Cl)c(C)c1. The fourth-order valence-electron chi connectivity index (χ4n) is 5.62. The molecule has 1 fully saturated rings. The summed E-state index contributed by atoms with van der Waals surface area (Å²) in [6, 6.07) is 20.5. The number of aryl methyl sites for hydroxylation is 3. The lowest BCUT2D eigenvalue weighted by Crippen LogP contribution is -2.65. The number of hydrogen-bond donors (Lipinski definition) is 2. The zero-order chi connectivity index (χ0) is 32.3.